The van der Waals surface area contributed by atoms with Crippen LogP contribution < -0.4 is 16.0 Å². The summed E-state index contributed by atoms with van der Waals surface area (Å²) in [5.74, 6) is 1.14. The Bertz CT molecular complexity index is 1210. The zero-order valence-corrected chi connectivity index (χ0v) is 17.2. The summed E-state index contributed by atoms with van der Waals surface area (Å²) >= 11 is 0. The molecule has 30 heavy (non-hydrogen) atoms. The zero-order valence-electron chi connectivity index (χ0n) is 16.3. The number of aromatic nitrogens is 2. The minimum atomic E-state index is -3.29. The Morgan fingerprint density at radius 1 is 0.967 bits per heavy atom. The first-order valence-corrected chi connectivity index (χ1v) is 11.2. The Hall–Kier alpha value is -3.46. The second kappa shape index (κ2) is 8.11. The molecule has 0 fully saturated rings. The number of carbonyl (C=O) groups excluding carboxylic acids is 1. The van der Waals surface area contributed by atoms with Crippen LogP contribution in [0.3, 0.4) is 0 Å². The molecule has 0 radical (unpaired) electrons. The van der Waals surface area contributed by atoms with E-state index in [9.17, 15) is 13.2 Å². The third-order valence-electron chi connectivity index (χ3n) is 4.79. The highest BCUT2D eigenvalue weighted by atomic mass is 32.2. The molecule has 1 aliphatic heterocycles. The van der Waals surface area contributed by atoms with E-state index in [-0.39, 0.29) is 16.6 Å². The predicted octanol–water partition coefficient (Wildman–Crippen LogP) is 3.64. The summed E-state index contributed by atoms with van der Waals surface area (Å²) in [5, 5.41) is 9.19. The lowest BCUT2D eigenvalue weighted by Gasteiger charge is -2.18. The maximum absolute atomic E-state index is 12.1. The predicted molar refractivity (Wildman–Crippen MR) is 116 cm³/mol. The Balaban J connectivity index is 1.52. The van der Waals surface area contributed by atoms with Crippen LogP contribution in [0.5, 0.6) is 0 Å². The fourth-order valence-electron chi connectivity index (χ4n) is 3.17. The van der Waals surface area contributed by atoms with Gasteiger partial charge in [-0.25, -0.2) is 18.4 Å². The molecule has 1 aromatic heterocycles. The molecular weight excluding hydrogens is 402 g/mol. The third kappa shape index (κ3) is 4.41. The van der Waals surface area contributed by atoms with Crippen molar-refractivity contribution < 1.29 is 13.2 Å². The average Bonchev–Trinajstić information content (AvgIpc) is 2.74. The molecule has 3 aromatic rings. The Morgan fingerprint density at radius 2 is 1.70 bits per heavy atom. The number of fused-ring (bicyclic) bond motifs is 1. The summed E-state index contributed by atoms with van der Waals surface area (Å²) in [6, 6.07) is 14.1. The van der Waals surface area contributed by atoms with Crippen LogP contribution in [0.25, 0.3) is 0 Å². The van der Waals surface area contributed by atoms with E-state index < -0.39 is 9.84 Å². The number of benzene rings is 2. The van der Waals surface area contributed by atoms with Gasteiger partial charge in [0.05, 0.1) is 10.6 Å². The number of rotatable bonds is 6. The van der Waals surface area contributed by atoms with Gasteiger partial charge in [0.2, 0.25) is 5.91 Å². The van der Waals surface area contributed by atoms with Crippen molar-refractivity contribution in [3.8, 4) is 0 Å². The number of sulfone groups is 1. The molecule has 1 aliphatic rings. The van der Waals surface area contributed by atoms with Gasteiger partial charge in [0, 0.05) is 29.5 Å². The van der Waals surface area contributed by atoms with Gasteiger partial charge in [-0.15, -0.1) is 0 Å². The quantitative estimate of drug-likeness (QED) is 0.555. The molecule has 0 bridgehead atoms. The van der Waals surface area contributed by atoms with Crippen molar-refractivity contribution in [2.75, 3.05) is 21.7 Å². The maximum atomic E-state index is 12.1. The lowest BCUT2D eigenvalue weighted by molar-refractivity contribution is -0.116. The Morgan fingerprint density at radius 3 is 2.43 bits per heavy atom. The van der Waals surface area contributed by atoms with E-state index >= 15 is 0 Å². The highest BCUT2D eigenvalue weighted by Gasteiger charge is 2.15. The summed E-state index contributed by atoms with van der Waals surface area (Å²) < 4.78 is 24.2. The second-order valence-electron chi connectivity index (χ2n) is 6.89. The van der Waals surface area contributed by atoms with Gasteiger partial charge < -0.3 is 16.0 Å². The number of amides is 1. The number of anilines is 5. The van der Waals surface area contributed by atoms with Gasteiger partial charge in [0.25, 0.3) is 0 Å². The lowest BCUT2D eigenvalue weighted by atomic mass is 10.0. The highest BCUT2D eigenvalue weighted by Crippen LogP contribution is 2.28. The molecular formula is C21H21N5O3S. The molecule has 0 spiro atoms. The van der Waals surface area contributed by atoms with Gasteiger partial charge in [0.15, 0.2) is 9.84 Å². The molecule has 0 atom stereocenters. The molecule has 8 nitrogen and oxygen atoms in total. The van der Waals surface area contributed by atoms with Crippen molar-refractivity contribution in [1.82, 2.24) is 9.97 Å². The molecule has 9 heteroatoms. The van der Waals surface area contributed by atoms with E-state index in [1.54, 1.807) is 37.3 Å². The number of hydrogen-bond acceptors (Lipinski definition) is 7. The number of nitrogens with zero attached hydrogens (tertiary/aromatic N) is 2. The van der Waals surface area contributed by atoms with E-state index in [1.807, 2.05) is 18.2 Å². The van der Waals surface area contributed by atoms with E-state index in [0.717, 1.165) is 23.4 Å². The van der Waals surface area contributed by atoms with Gasteiger partial charge in [-0.1, -0.05) is 19.1 Å². The average molecular weight is 423 g/mol. The van der Waals surface area contributed by atoms with Crippen LogP contribution in [0.4, 0.5) is 28.7 Å². The van der Waals surface area contributed by atoms with Crippen molar-refractivity contribution in [3.63, 3.8) is 0 Å². The molecule has 2 aromatic carbocycles. The standard InChI is InChI=1S/C21H21N5O3S/c1-2-30(28,29)17-5-3-4-15(10-17)24-19-12-20(23-13-22-19)25-16-8-6-14-7-9-21(27)26-18(14)11-16/h3-6,8,10-13H,2,7,9H2,1H3,(H,26,27)(H2,22,23,24,25). The molecule has 3 N–H and O–H groups in total. The monoisotopic (exact) mass is 423 g/mol. The normalized spacial score (nSPS) is 13.3. The third-order valence-corrected chi connectivity index (χ3v) is 6.52. The van der Waals surface area contributed by atoms with Crippen LogP contribution in [0.15, 0.2) is 59.8 Å². The van der Waals surface area contributed by atoms with Crippen LogP contribution in [0.2, 0.25) is 0 Å². The zero-order chi connectivity index (χ0) is 21.1. The topological polar surface area (TPSA) is 113 Å². The van der Waals surface area contributed by atoms with E-state index in [4.69, 9.17) is 0 Å². The Kier molecular flexibility index (Phi) is 5.37. The van der Waals surface area contributed by atoms with Crippen LogP contribution >= 0.6 is 0 Å². The van der Waals surface area contributed by atoms with E-state index in [2.05, 4.69) is 25.9 Å². The first kappa shape index (κ1) is 19.8. The molecule has 0 unspecified atom stereocenters. The fraction of sp³-hybridized carbons (Fsp3) is 0.190. The maximum Gasteiger partial charge on any atom is 0.224 e. The molecule has 4 rings (SSSR count). The van der Waals surface area contributed by atoms with Crippen molar-refractivity contribution >= 4 is 44.4 Å². The highest BCUT2D eigenvalue weighted by molar-refractivity contribution is 7.91. The van der Waals surface area contributed by atoms with Crippen molar-refractivity contribution in [2.24, 2.45) is 0 Å². The van der Waals surface area contributed by atoms with Crippen molar-refractivity contribution in [2.45, 2.75) is 24.7 Å². The first-order valence-electron chi connectivity index (χ1n) is 9.54. The van der Waals surface area contributed by atoms with Crippen molar-refractivity contribution in [1.29, 1.82) is 0 Å². The van der Waals surface area contributed by atoms with Crippen LogP contribution in [0.1, 0.15) is 18.9 Å². The summed E-state index contributed by atoms with van der Waals surface area (Å²) in [5.41, 5.74) is 3.31. The van der Waals surface area contributed by atoms with Gasteiger partial charge >= 0.3 is 0 Å². The summed E-state index contributed by atoms with van der Waals surface area (Å²) in [6.45, 7) is 1.62. The smallest absolute Gasteiger partial charge is 0.224 e. The molecule has 154 valence electrons. The van der Waals surface area contributed by atoms with Crippen LogP contribution in [0, 0.1) is 0 Å². The van der Waals surface area contributed by atoms with E-state index in [0.29, 0.717) is 23.7 Å². The number of aryl methyl sites for hydroxylation is 1. The number of carbonyl (C=O) groups is 1. The molecule has 0 aliphatic carbocycles. The number of hydrogen-bond donors (Lipinski definition) is 3. The van der Waals surface area contributed by atoms with Crippen LogP contribution in [-0.2, 0) is 21.1 Å². The van der Waals surface area contributed by atoms with Crippen molar-refractivity contribution in [3.05, 3.63) is 60.4 Å². The summed E-state index contributed by atoms with van der Waals surface area (Å²) in [4.78, 5) is 20.3. The van der Waals surface area contributed by atoms with Gasteiger partial charge in [-0.05, 0) is 42.3 Å². The summed E-state index contributed by atoms with van der Waals surface area (Å²) in [7, 11) is -3.29. The van der Waals surface area contributed by atoms with Gasteiger partial charge in [-0.2, -0.15) is 0 Å². The summed E-state index contributed by atoms with van der Waals surface area (Å²) in [6.07, 6.45) is 2.65. The molecule has 2 heterocycles. The molecule has 0 saturated heterocycles. The molecule has 0 saturated carbocycles. The minimum absolute atomic E-state index is 0.0143. The minimum Gasteiger partial charge on any atom is -0.340 e. The lowest BCUT2D eigenvalue weighted by Crippen LogP contribution is -2.18. The molecule has 1 amide bonds. The number of nitrogens with one attached hydrogen (secondary N) is 3. The SMILES string of the molecule is CCS(=O)(=O)c1cccc(Nc2cc(Nc3ccc4c(c3)NC(=O)CC4)ncn2)c1. The Labute approximate surface area is 174 Å². The second-order valence-corrected chi connectivity index (χ2v) is 9.17. The van der Waals surface area contributed by atoms with Crippen LogP contribution in [-0.4, -0.2) is 30.0 Å². The van der Waals surface area contributed by atoms with Gasteiger partial charge in [-0.3, -0.25) is 4.79 Å². The fourth-order valence-corrected chi connectivity index (χ4v) is 4.10. The van der Waals surface area contributed by atoms with Gasteiger partial charge in [0.1, 0.15) is 18.0 Å². The largest absolute Gasteiger partial charge is 0.340 e. The van der Waals surface area contributed by atoms with E-state index in [1.165, 1.54) is 6.33 Å². The first-order chi connectivity index (χ1) is 14.4.